The van der Waals surface area contributed by atoms with Crippen LogP contribution in [0.4, 0.5) is 22.0 Å². The van der Waals surface area contributed by atoms with Crippen molar-refractivity contribution >= 4 is 0 Å². The quantitative estimate of drug-likeness (QED) is 0.256. The van der Waals surface area contributed by atoms with Crippen LogP contribution in [0.25, 0.3) is 0 Å². The van der Waals surface area contributed by atoms with Crippen LogP contribution in [0.2, 0.25) is 0 Å². The van der Waals surface area contributed by atoms with Crippen molar-refractivity contribution in [2.75, 3.05) is 6.61 Å². The smallest absolute Gasteiger partial charge is 0.206 e. The van der Waals surface area contributed by atoms with Crippen molar-refractivity contribution < 1.29 is 26.7 Å². The average Bonchev–Trinajstić information content (AvgIpc) is 2.37. The average molecular weight is 266 g/mol. The van der Waals surface area contributed by atoms with E-state index in [-0.39, 0.29) is 6.61 Å². The van der Waals surface area contributed by atoms with Crippen molar-refractivity contribution in [2.45, 2.75) is 19.8 Å². The van der Waals surface area contributed by atoms with E-state index in [1.807, 2.05) is 6.92 Å². The number of hydrogen-bond acceptors (Lipinski definition) is 1. The highest BCUT2D eigenvalue weighted by Gasteiger charge is 2.26. The number of halogens is 5. The summed E-state index contributed by atoms with van der Waals surface area (Å²) in [6, 6.07) is 0. The molecule has 1 aromatic carbocycles. The predicted octanol–water partition coefficient (Wildman–Crippen LogP) is 4.12. The van der Waals surface area contributed by atoms with Crippen molar-refractivity contribution in [1.82, 2.24) is 0 Å². The fraction of sp³-hybridized carbons (Fsp3) is 0.333. The molecule has 6 heteroatoms. The van der Waals surface area contributed by atoms with Gasteiger partial charge in [-0.2, -0.15) is 8.78 Å². The van der Waals surface area contributed by atoms with Crippen LogP contribution in [-0.4, -0.2) is 6.61 Å². The summed E-state index contributed by atoms with van der Waals surface area (Å²) in [6.45, 7) is 1.72. The molecule has 0 unspecified atom stereocenters. The summed E-state index contributed by atoms with van der Waals surface area (Å²) in [5.74, 6) is -11.3. The van der Waals surface area contributed by atoms with Gasteiger partial charge in [0.1, 0.15) is 0 Å². The van der Waals surface area contributed by atoms with Gasteiger partial charge in [0.15, 0.2) is 5.75 Å². The standard InChI is InChI=1S/C12H11F5O/c1-2-3-4-5-6-18-12-10(16)8(14)7(13)9(15)11(12)17/h3-4H,2,5-6H2,1H3/b4-3+. The zero-order valence-corrected chi connectivity index (χ0v) is 9.57. The summed E-state index contributed by atoms with van der Waals surface area (Å²) in [5, 5.41) is 0. The van der Waals surface area contributed by atoms with Crippen molar-refractivity contribution in [1.29, 1.82) is 0 Å². The minimum absolute atomic E-state index is 0.172. The maximum atomic E-state index is 13.1. The molecule has 0 saturated heterocycles. The van der Waals surface area contributed by atoms with Gasteiger partial charge < -0.3 is 4.74 Å². The molecule has 0 radical (unpaired) electrons. The zero-order chi connectivity index (χ0) is 13.7. The second-order valence-electron chi connectivity index (χ2n) is 3.42. The van der Waals surface area contributed by atoms with Crippen LogP contribution in [0.15, 0.2) is 12.2 Å². The Bertz CT molecular complexity index is 427. The van der Waals surface area contributed by atoms with Gasteiger partial charge in [0.2, 0.25) is 29.1 Å². The van der Waals surface area contributed by atoms with Gasteiger partial charge in [0.05, 0.1) is 6.61 Å². The fourth-order valence-electron chi connectivity index (χ4n) is 1.23. The van der Waals surface area contributed by atoms with Gasteiger partial charge in [-0.3, -0.25) is 0 Å². The number of ether oxygens (including phenoxy) is 1. The molecule has 0 aliphatic rings. The molecule has 0 saturated carbocycles. The van der Waals surface area contributed by atoms with Crippen LogP contribution in [0, 0.1) is 29.1 Å². The van der Waals surface area contributed by atoms with Gasteiger partial charge in [-0.05, 0) is 12.8 Å². The lowest BCUT2D eigenvalue weighted by molar-refractivity contribution is 0.266. The zero-order valence-electron chi connectivity index (χ0n) is 9.57. The van der Waals surface area contributed by atoms with Crippen molar-refractivity contribution in [2.24, 2.45) is 0 Å². The van der Waals surface area contributed by atoms with E-state index in [0.29, 0.717) is 6.42 Å². The number of hydrogen-bond donors (Lipinski definition) is 0. The highest BCUT2D eigenvalue weighted by molar-refractivity contribution is 5.29. The van der Waals surface area contributed by atoms with E-state index < -0.39 is 34.8 Å². The number of benzene rings is 1. The van der Waals surface area contributed by atoms with Gasteiger partial charge in [-0.1, -0.05) is 19.1 Å². The SMILES string of the molecule is CC/C=C/CCOc1c(F)c(F)c(F)c(F)c1F. The highest BCUT2D eigenvalue weighted by Crippen LogP contribution is 2.29. The summed E-state index contributed by atoms with van der Waals surface area (Å²) in [7, 11) is 0. The van der Waals surface area contributed by atoms with Gasteiger partial charge in [-0.25, -0.2) is 13.2 Å². The Morgan fingerprint density at radius 1 is 0.833 bits per heavy atom. The molecule has 1 rings (SSSR count). The van der Waals surface area contributed by atoms with E-state index in [1.165, 1.54) is 0 Å². The van der Waals surface area contributed by atoms with E-state index >= 15 is 0 Å². The largest absolute Gasteiger partial charge is 0.487 e. The first-order chi connectivity index (χ1) is 8.50. The number of rotatable bonds is 5. The van der Waals surface area contributed by atoms with E-state index in [1.54, 1.807) is 12.2 Å². The molecular formula is C12H11F5O. The maximum absolute atomic E-state index is 13.1. The molecule has 0 amide bonds. The molecule has 0 bridgehead atoms. The summed E-state index contributed by atoms with van der Waals surface area (Å²) >= 11 is 0. The van der Waals surface area contributed by atoms with Crippen molar-refractivity contribution in [3.8, 4) is 5.75 Å². The highest BCUT2D eigenvalue weighted by atomic mass is 19.2. The van der Waals surface area contributed by atoms with Crippen LogP contribution < -0.4 is 4.74 Å². The Morgan fingerprint density at radius 3 is 1.83 bits per heavy atom. The molecule has 0 heterocycles. The van der Waals surface area contributed by atoms with Gasteiger partial charge in [-0.15, -0.1) is 0 Å². The summed E-state index contributed by atoms with van der Waals surface area (Å²) in [6.07, 6.45) is 4.57. The fourth-order valence-corrected chi connectivity index (χ4v) is 1.23. The molecule has 0 spiro atoms. The summed E-state index contributed by atoms with van der Waals surface area (Å²) in [4.78, 5) is 0. The van der Waals surface area contributed by atoms with Crippen LogP contribution in [-0.2, 0) is 0 Å². The molecule has 0 aromatic heterocycles. The van der Waals surface area contributed by atoms with Crippen LogP contribution in [0.1, 0.15) is 19.8 Å². The summed E-state index contributed by atoms with van der Waals surface area (Å²) < 4.78 is 69.1. The van der Waals surface area contributed by atoms with Gasteiger partial charge in [0.25, 0.3) is 0 Å². The van der Waals surface area contributed by atoms with E-state index in [0.717, 1.165) is 6.42 Å². The van der Waals surface area contributed by atoms with Crippen LogP contribution in [0.3, 0.4) is 0 Å². The molecule has 0 aliphatic carbocycles. The Kier molecular flexibility index (Phi) is 5.12. The third-order valence-electron chi connectivity index (χ3n) is 2.10. The molecule has 100 valence electrons. The molecule has 0 fully saturated rings. The van der Waals surface area contributed by atoms with E-state index in [4.69, 9.17) is 0 Å². The minimum Gasteiger partial charge on any atom is -0.487 e. The minimum atomic E-state index is -2.19. The molecule has 18 heavy (non-hydrogen) atoms. The molecule has 0 N–H and O–H groups in total. The third-order valence-corrected chi connectivity index (χ3v) is 2.10. The molecule has 1 nitrogen and oxygen atoms in total. The van der Waals surface area contributed by atoms with Crippen LogP contribution >= 0.6 is 0 Å². The molecule has 1 aromatic rings. The lowest BCUT2D eigenvalue weighted by Crippen LogP contribution is -2.07. The lowest BCUT2D eigenvalue weighted by atomic mass is 10.2. The monoisotopic (exact) mass is 266 g/mol. The number of allylic oxidation sites excluding steroid dienone is 1. The second-order valence-corrected chi connectivity index (χ2v) is 3.42. The Morgan fingerprint density at radius 2 is 1.33 bits per heavy atom. The van der Waals surface area contributed by atoms with Crippen molar-refractivity contribution in [3.63, 3.8) is 0 Å². The topological polar surface area (TPSA) is 9.23 Å². The van der Waals surface area contributed by atoms with Crippen LogP contribution in [0.5, 0.6) is 5.75 Å². The van der Waals surface area contributed by atoms with Gasteiger partial charge in [0, 0.05) is 0 Å². The first kappa shape index (κ1) is 14.5. The van der Waals surface area contributed by atoms with E-state index in [9.17, 15) is 22.0 Å². The molecule has 0 aliphatic heterocycles. The molecule has 0 atom stereocenters. The molecular weight excluding hydrogens is 255 g/mol. The maximum Gasteiger partial charge on any atom is 0.206 e. The predicted molar refractivity (Wildman–Crippen MR) is 55.8 cm³/mol. The van der Waals surface area contributed by atoms with Crippen molar-refractivity contribution in [3.05, 3.63) is 41.2 Å². The third kappa shape index (κ3) is 3.00. The lowest BCUT2D eigenvalue weighted by Gasteiger charge is -2.09. The first-order valence-electron chi connectivity index (χ1n) is 5.29. The summed E-state index contributed by atoms with van der Waals surface area (Å²) in [5.41, 5.74) is 0. The van der Waals surface area contributed by atoms with E-state index in [2.05, 4.69) is 4.74 Å². The van der Waals surface area contributed by atoms with Gasteiger partial charge >= 0.3 is 0 Å². The Balaban J connectivity index is 2.86. The second kappa shape index (κ2) is 6.37. The first-order valence-corrected chi connectivity index (χ1v) is 5.29. The Labute approximate surface area is 101 Å². The Hall–Kier alpha value is -1.59. The normalized spacial score (nSPS) is 11.2.